The van der Waals surface area contributed by atoms with Crippen molar-refractivity contribution in [1.82, 2.24) is 15.6 Å². The topological polar surface area (TPSA) is 76.4 Å². The molecule has 3 rings (SSSR count). The number of rotatable bonds is 6. The number of ether oxygens (including phenoxy) is 1. The summed E-state index contributed by atoms with van der Waals surface area (Å²) in [5.41, 5.74) is 1.27. The van der Waals surface area contributed by atoms with E-state index in [0.29, 0.717) is 30.7 Å². The van der Waals surface area contributed by atoms with E-state index < -0.39 is 0 Å². The Morgan fingerprint density at radius 3 is 2.96 bits per heavy atom. The van der Waals surface area contributed by atoms with Crippen molar-refractivity contribution >= 4 is 5.91 Å². The smallest absolute Gasteiger partial charge is 0.273 e. The average Bonchev–Trinajstić information content (AvgIpc) is 3.12. The number of para-hydroxylation sites is 1. The molecule has 1 aromatic heterocycles. The largest absolute Gasteiger partial charge is 0.494 e. The number of hydrogen-bond acceptors (Lipinski definition) is 5. The zero-order chi connectivity index (χ0) is 16.8. The quantitative estimate of drug-likeness (QED) is 0.851. The van der Waals surface area contributed by atoms with Crippen LogP contribution in [0.5, 0.6) is 5.75 Å². The van der Waals surface area contributed by atoms with Gasteiger partial charge in [-0.2, -0.15) is 0 Å². The van der Waals surface area contributed by atoms with Crippen LogP contribution in [0, 0.1) is 0 Å². The van der Waals surface area contributed by atoms with Crippen LogP contribution in [0.4, 0.5) is 0 Å². The number of benzene rings is 1. The van der Waals surface area contributed by atoms with Crippen molar-refractivity contribution in [1.29, 1.82) is 0 Å². The lowest BCUT2D eigenvalue weighted by Gasteiger charge is -2.19. The van der Waals surface area contributed by atoms with Crippen molar-refractivity contribution < 1.29 is 13.9 Å². The molecule has 0 bridgehead atoms. The first-order valence-electron chi connectivity index (χ1n) is 8.43. The number of nitrogens with one attached hydrogen (secondary N) is 2. The molecule has 1 saturated heterocycles. The molecule has 2 N–H and O–H groups in total. The van der Waals surface area contributed by atoms with Crippen LogP contribution < -0.4 is 15.4 Å². The summed E-state index contributed by atoms with van der Waals surface area (Å²) in [7, 11) is 0. The van der Waals surface area contributed by atoms with Crippen LogP contribution in [-0.4, -0.2) is 30.6 Å². The Morgan fingerprint density at radius 2 is 2.17 bits per heavy atom. The van der Waals surface area contributed by atoms with E-state index in [1.165, 1.54) is 6.26 Å². The molecule has 6 nitrogen and oxygen atoms in total. The summed E-state index contributed by atoms with van der Waals surface area (Å²) in [5, 5.41) is 6.18. The fourth-order valence-corrected chi connectivity index (χ4v) is 2.86. The molecule has 1 aliphatic heterocycles. The molecule has 1 aliphatic rings. The van der Waals surface area contributed by atoms with E-state index in [1.807, 2.05) is 31.2 Å². The van der Waals surface area contributed by atoms with Gasteiger partial charge in [0, 0.05) is 18.0 Å². The van der Waals surface area contributed by atoms with Crippen molar-refractivity contribution in [3.63, 3.8) is 0 Å². The average molecular weight is 329 g/mol. The second-order valence-corrected chi connectivity index (χ2v) is 5.82. The minimum atomic E-state index is -0.231. The number of carbonyl (C=O) groups excluding carboxylic acids is 1. The summed E-state index contributed by atoms with van der Waals surface area (Å²) < 4.78 is 11.1. The van der Waals surface area contributed by atoms with Gasteiger partial charge in [-0.1, -0.05) is 18.2 Å². The van der Waals surface area contributed by atoms with Gasteiger partial charge in [0.25, 0.3) is 5.91 Å². The molecular weight excluding hydrogens is 306 g/mol. The van der Waals surface area contributed by atoms with Crippen molar-refractivity contribution in [2.75, 3.05) is 19.7 Å². The van der Waals surface area contributed by atoms with Gasteiger partial charge in [-0.25, -0.2) is 4.98 Å². The first kappa shape index (κ1) is 16.5. The maximum Gasteiger partial charge on any atom is 0.273 e. The van der Waals surface area contributed by atoms with Crippen LogP contribution in [0.25, 0.3) is 0 Å². The van der Waals surface area contributed by atoms with Crippen LogP contribution in [0.1, 0.15) is 47.6 Å². The van der Waals surface area contributed by atoms with Gasteiger partial charge < -0.3 is 19.8 Å². The standard InChI is InChI=1S/C18H23N3O3/c1-2-23-16-6-4-3-5-14(16)11-20-17(22)15-12-24-18(21-15)13-7-9-19-10-8-13/h3-6,12-13,19H,2,7-11H2,1H3,(H,20,22). The SMILES string of the molecule is CCOc1ccccc1CNC(=O)c1coc(C2CCNCC2)n1. The Bertz CT molecular complexity index is 678. The summed E-state index contributed by atoms with van der Waals surface area (Å²) in [4.78, 5) is 16.7. The minimum Gasteiger partial charge on any atom is -0.494 e. The van der Waals surface area contributed by atoms with Gasteiger partial charge in [0.15, 0.2) is 11.6 Å². The number of piperidine rings is 1. The highest BCUT2D eigenvalue weighted by molar-refractivity contribution is 5.91. The molecule has 0 radical (unpaired) electrons. The zero-order valence-corrected chi connectivity index (χ0v) is 13.9. The third kappa shape index (κ3) is 3.94. The third-order valence-electron chi connectivity index (χ3n) is 4.15. The number of aromatic nitrogens is 1. The van der Waals surface area contributed by atoms with Gasteiger partial charge in [0.05, 0.1) is 6.61 Å². The number of carbonyl (C=O) groups is 1. The molecule has 24 heavy (non-hydrogen) atoms. The molecule has 2 aromatic rings. The van der Waals surface area contributed by atoms with E-state index in [9.17, 15) is 4.79 Å². The normalized spacial score (nSPS) is 15.2. The van der Waals surface area contributed by atoms with E-state index in [1.54, 1.807) is 0 Å². The predicted octanol–water partition coefficient (Wildman–Crippen LogP) is 2.47. The van der Waals surface area contributed by atoms with E-state index >= 15 is 0 Å². The summed E-state index contributed by atoms with van der Waals surface area (Å²) in [6, 6.07) is 7.68. The fourth-order valence-electron chi connectivity index (χ4n) is 2.86. The van der Waals surface area contributed by atoms with E-state index in [4.69, 9.17) is 9.15 Å². The van der Waals surface area contributed by atoms with Crippen molar-refractivity contribution in [2.24, 2.45) is 0 Å². The monoisotopic (exact) mass is 329 g/mol. The van der Waals surface area contributed by atoms with Crippen molar-refractivity contribution in [3.05, 3.63) is 47.7 Å². The summed E-state index contributed by atoms with van der Waals surface area (Å²) >= 11 is 0. The number of nitrogens with zero attached hydrogens (tertiary/aromatic N) is 1. The van der Waals surface area contributed by atoms with Crippen LogP contribution >= 0.6 is 0 Å². The molecule has 0 atom stereocenters. The molecule has 6 heteroatoms. The Balaban J connectivity index is 1.60. The Labute approximate surface area is 141 Å². The van der Waals surface area contributed by atoms with Crippen LogP contribution in [0.15, 0.2) is 34.9 Å². The van der Waals surface area contributed by atoms with Gasteiger partial charge in [-0.3, -0.25) is 4.79 Å². The molecule has 1 aromatic carbocycles. The molecule has 2 heterocycles. The van der Waals surface area contributed by atoms with Crippen molar-refractivity contribution in [3.8, 4) is 5.75 Å². The third-order valence-corrected chi connectivity index (χ3v) is 4.15. The molecule has 0 unspecified atom stereocenters. The number of oxazole rings is 1. The lowest BCUT2D eigenvalue weighted by Crippen LogP contribution is -2.27. The van der Waals surface area contributed by atoms with E-state index in [0.717, 1.165) is 37.2 Å². The fraction of sp³-hybridized carbons (Fsp3) is 0.444. The van der Waals surface area contributed by atoms with Crippen LogP contribution in [-0.2, 0) is 6.54 Å². The van der Waals surface area contributed by atoms with E-state index in [-0.39, 0.29) is 5.91 Å². The highest BCUT2D eigenvalue weighted by Gasteiger charge is 2.22. The molecule has 0 aliphatic carbocycles. The number of amides is 1. The Kier molecular flexibility index (Phi) is 5.48. The van der Waals surface area contributed by atoms with Gasteiger partial charge in [0.1, 0.15) is 12.0 Å². The minimum absolute atomic E-state index is 0.231. The predicted molar refractivity (Wildman–Crippen MR) is 90.1 cm³/mol. The molecular formula is C18H23N3O3. The maximum absolute atomic E-state index is 12.3. The maximum atomic E-state index is 12.3. The molecule has 1 amide bonds. The van der Waals surface area contributed by atoms with Gasteiger partial charge in [-0.05, 0) is 38.9 Å². The van der Waals surface area contributed by atoms with Crippen LogP contribution in [0.2, 0.25) is 0 Å². The Hall–Kier alpha value is -2.34. The molecule has 0 saturated carbocycles. The van der Waals surface area contributed by atoms with Crippen LogP contribution in [0.3, 0.4) is 0 Å². The first-order chi connectivity index (χ1) is 11.8. The summed E-state index contributed by atoms with van der Waals surface area (Å²) in [6.07, 6.45) is 3.42. The number of hydrogen-bond donors (Lipinski definition) is 2. The first-order valence-corrected chi connectivity index (χ1v) is 8.43. The highest BCUT2D eigenvalue weighted by atomic mass is 16.5. The summed E-state index contributed by atoms with van der Waals surface area (Å²) in [6.45, 7) is 4.84. The lowest BCUT2D eigenvalue weighted by molar-refractivity contribution is 0.0945. The highest BCUT2D eigenvalue weighted by Crippen LogP contribution is 2.24. The second kappa shape index (κ2) is 7.97. The molecule has 1 fully saturated rings. The van der Waals surface area contributed by atoms with Gasteiger partial charge >= 0.3 is 0 Å². The molecule has 128 valence electrons. The van der Waals surface area contributed by atoms with Crippen molar-refractivity contribution in [2.45, 2.75) is 32.2 Å². The summed E-state index contributed by atoms with van der Waals surface area (Å²) in [5.74, 6) is 1.52. The Morgan fingerprint density at radius 1 is 1.38 bits per heavy atom. The van der Waals surface area contributed by atoms with Gasteiger partial charge in [-0.15, -0.1) is 0 Å². The molecule has 0 spiro atoms. The zero-order valence-electron chi connectivity index (χ0n) is 13.9. The van der Waals surface area contributed by atoms with Gasteiger partial charge in [0.2, 0.25) is 0 Å². The lowest BCUT2D eigenvalue weighted by atomic mass is 9.98. The van der Waals surface area contributed by atoms with E-state index in [2.05, 4.69) is 15.6 Å². The second-order valence-electron chi connectivity index (χ2n) is 5.82.